The third kappa shape index (κ3) is 3.61. The Labute approximate surface area is 135 Å². The van der Waals surface area contributed by atoms with Crippen molar-refractivity contribution in [3.63, 3.8) is 0 Å². The van der Waals surface area contributed by atoms with Crippen LogP contribution in [0.1, 0.15) is 23.2 Å². The number of carbonyl (C=O) groups excluding carboxylic acids is 2. The maximum Gasteiger partial charge on any atom is 0.253 e. The first-order valence-electron chi connectivity index (χ1n) is 6.48. The van der Waals surface area contributed by atoms with Gasteiger partial charge in [-0.3, -0.25) is 9.59 Å². The summed E-state index contributed by atoms with van der Waals surface area (Å²) in [6, 6.07) is 5.49. The normalized spacial score (nSPS) is 18.8. The summed E-state index contributed by atoms with van der Waals surface area (Å²) in [5.41, 5.74) is 0.629. The van der Waals surface area contributed by atoms with Crippen molar-refractivity contribution < 1.29 is 9.59 Å². The topological polar surface area (TPSA) is 49.4 Å². The van der Waals surface area contributed by atoms with Crippen molar-refractivity contribution in [2.45, 2.75) is 12.8 Å². The first-order chi connectivity index (χ1) is 9.51. The van der Waals surface area contributed by atoms with Crippen molar-refractivity contribution in [1.29, 1.82) is 0 Å². The summed E-state index contributed by atoms with van der Waals surface area (Å²) in [6.07, 6.45) is 1.70. The molecule has 0 saturated carbocycles. The SMILES string of the molecule is CNC(=O)C1CCCN(C(=O)c2cc(Br)cc(Br)c2)C1. The minimum atomic E-state index is -0.103. The number of piperidine rings is 1. The van der Waals surface area contributed by atoms with E-state index >= 15 is 0 Å². The van der Waals surface area contributed by atoms with Crippen molar-refractivity contribution in [3.05, 3.63) is 32.7 Å². The minimum Gasteiger partial charge on any atom is -0.359 e. The van der Waals surface area contributed by atoms with Gasteiger partial charge in [-0.1, -0.05) is 31.9 Å². The molecular weight excluding hydrogens is 388 g/mol. The van der Waals surface area contributed by atoms with Gasteiger partial charge >= 0.3 is 0 Å². The van der Waals surface area contributed by atoms with Gasteiger partial charge in [-0.25, -0.2) is 0 Å². The number of hydrogen-bond donors (Lipinski definition) is 1. The summed E-state index contributed by atoms with van der Waals surface area (Å²) in [5.74, 6) is -0.119. The number of nitrogens with one attached hydrogen (secondary N) is 1. The molecule has 0 bridgehead atoms. The van der Waals surface area contributed by atoms with Crippen LogP contribution >= 0.6 is 31.9 Å². The first-order valence-corrected chi connectivity index (χ1v) is 8.07. The zero-order valence-corrected chi connectivity index (χ0v) is 14.3. The molecular formula is C14H16Br2N2O2. The Bertz CT molecular complexity index is 514. The van der Waals surface area contributed by atoms with Crippen LogP contribution in [0.2, 0.25) is 0 Å². The van der Waals surface area contributed by atoms with Crippen molar-refractivity contribution >= 4 is 43.7 Å². The Morgan fingerprint density at radius 1 is 1.25 bits per heavy atom. The highest BCUT2D eigenvalue weighted by Crippen LogP contribution is 2.23. The van der Waals surface area contributed by atoms with Gasteiger partial charge in [-0.2, -0.15) is 0 Å². The molecule has 0 spiro atoms. The molecule has 1 aliphatic heterocycles. The number of amides is 2. The molecule has 1 heterocycles. The molecule has 2 rings (SSSR count). The monoisotopic (exact) mass is 402 g/mol. The highest BCUT2D eigenvalue weighted by atomic mass is 79.9. The van der Waals surface area contributed by atoms with Crippen LogP contribution in [0.15, 0.2) is 27.1 Å². The van der Waals surface area contributed by atoms with Crippen molar-refractivity contribution in [3.8, 4) is 0 Å². The number of likely N-dealkylation sites (tertiary alicyclic amines) is 1. The zero-order chi connectivity index (χ0) is 14.7. The molecule has 108 valence electrons. The van der Waals surface area contributed by atoms with Crippen LogP contribution in [0.25, 0.3) is 0 Å². The Morgan fingerprint density at radius 3 is 2.50 bits per heavy atom. The summed E-state index contributed by atoms with van der Waals surface area (Å²) in [7, 11) is 1.63. The first kappa shape index (κ1) is 15.5. The van der Waals surface area contributed by atoms with E-state index in [1.54, 1.807) is 24.1 Å². The van der Waals surface area contributed by atoms with E-state index in [2.05, 4.69) is 37.2 Å². The third-order valence-corrected chi connectivity index (χ3v) is 4.35. The zero-order valence-electron chi connectivity index (χ0n) is 11.2. The van der Waals surface area contributed by atoms with E-state index in [0.717, 1.165) is 21.8 Å². The Hall–Kier alpha value is -0.880. The van der Waals surface area contributed by atoms with Gasteiger partial charge in [0.1, 0.15) is 0 Å². The summed E-state index contributed by atoms with van der Waals surface area (Å²) >= 11 is 6.77. The summed E-state index contributed by atoms with van der Waals surface area (Å²) in [4.78, 5) is 26.0. The molecule has 1 fully saturated rings. The molecule has 1 aliphatic rings. The number of benzene rings is 1. The second-order valence-electron chi connectivity index (χ2n) is 4.86. The largest absolute Gasteiger partial charge is 0.359 e. The maximum absolute atomic E-state index is 12.5. The van der Waals surface area contributed by atoms with Gasteiger partial charge in [0.2, 0.25) is 5.91 Å². The quantitative estimate of drug-likeness (QED) is 0.825. The molecule has 1 N–H and O–H groups in total. The summed E-state index contributed by atoms with van der Waals surface area (Å²) in [5, 5.41) is 2.66. The average Bonchev–Trinajstić information content (AvgIpc) is 2.44. The molecule has 0 radical (unpaired) electrons. The van der Waals surface area contributed by atoms with Crippen molar-refractivity contribution in [2.24, 2.45) is 5.92 Å². The molecule has 6 heteroatoms. The van der Waals surface area contributed by atoms with Crippen LogP contribution in [0.5, 0.6) is 0 Å². The van der Waals surface area contributed by atoms with Crippen LogP contribution in [0.4, 0.5) is 0 Å². The Morgan fingerprint density at radius 2 is 1.90 bits per heavy atom. The molecule has 0 aliphatic carbocycles. The Balaban J connectivity index is 2.14. The van der Waals surface area contributed by atoms with Gasteiger partial charge in [0.05, 0.1) is 5.92 Å². The predicted molar refractivity (Wildman–Crippen MR) is 84.5 cm³/mol. The molecule has 1 unspecified atom stereocenters. The fourth-order valence-electron chi connectivity index (χ4n) is 2.44. The van der Waals surface area contributed by atoms with Crippen LogP contribution < -0.4 is 5.32 Å². The Kier molecular flexibility index (Phi) is 5.21. The predicted octanol–water partition coefficient (Wildman–Crippen LogP) is 2.81. The van der Waals surface area contributed by atoms with Gasteiger partial charge in [0.15, 0.2) is 0 Å². The lowest BCUT2D eigenvalue weighted by atomic mass is 9.96. The van der Waals surface area contributed by atoms with Crippen molar-refractivity contribution in [1.82, 2.24) is 10.2 Å². The second-order valence-corrected chi connectivity index (χ2v) is 6.69. The van der Waals surface area contributed by atoms with E-state index in [1.165, 1.54) is 0 Å². The molecule has 1 saturated heterocycles. The highest BCUT2D eigenvalue weighted by Gasteiger charge is 2.28. The van der Waals surface area contributed by atoms with Gasteiger partial charge in [0.25, 0.3) is 5.91 Å². The van der Waals surface area contributed by atoms with Gasteiger partial charge in [-0.05, 0) is 31.0 Å². The van der Waals surface area contributed by atoms with Gasteiger partial charge in [0, 0.05) is 34.6 Å². The number of hydrogen-bond acceptors (Lipinski definition) is 2. The number of carbonyl (C=O) groups is 2. The molecule has 1 atom stereocenters. The molecule has 0 aromatic heterocycles. The second kappa shape index (κ2) is 6.72. The number of halogens is 2. The third-order valence-electron chi connectivity index (χ3n) is 3.44. The smallest absolute Gasteiger partial charge is 0.253 e. The van der Waals surface area contributed by atoms with E-state index in [0.29, 0.717) is 18.7 Å². The van der Waals surface area contributed by atoms with E-state index in [9.17, 15) is 9.59 Å². The minimum absolute atomic E-state index is 0.0120. The van der Waals surface area contributed by atoms with Crippen LogP contribution in [-0.4, -0.2) is 36.9 Å². The standard InChI is InChI=1S/C14H16Br2N2O2/c1-17-13(19)9-3-2-4-18(8-9)14(20)10-5-11(15)7-12(16)6-10/h5-7,9H,2-4,8H2,1H3,(H,17,19). The lowest BCUT2D eigenvalue weighted by Gasteiger charge is -2.32. The van der Waals surface area contributed by atoms with Crippen molar-refractivity contribution in [2.75, 3.05) is 20.1 Å². The summed E-state index contributed by atoms with van der Waals surface area (Å²) < 4.78 is 1.71. The van der Waals surface area contributed by atoms with E-state index in [-0.39, 0.29) is 17.7 Å². The molecule has 2 amide bonds. The molecule has 4 nitrogen and oxygen atoms in total. The number of rotatable bonds is 2. The van der Waals surface area contributed by atoms with Crippen LogP contribution in [-0.2, 0) is 4.79 Å². The number of nitrogens with zero attached hydrogens (tertiary/aromatic N) is 1. The van der Waals surface area contributed by atoms with E-state index in [1.807, 2.05) is 6.07 Å². The fourth-order valence-corrected chi connectivity index (χ4v) is 3.73. The van der Waals surface area contributed by atoms with Gasteiger partial charge < -0.3 is 10.2 Å². The molecule has 20 heavy (non-hydrogen) atoms. The van der Waals surface area contributed by atoms with Crippen LogP contribution in [0, 0.1) is 5.92 Å². The average molecular weight is 404 g/mol. The summed E-state index contributed by atoms with van der Waals surface area (Å²) in [6.45, 7) is 1.19. The fraction of sp³-hybridized carbons (Fsp3) is 0.429. The van der Waals surface area contributed by atoms with E-state index < -0.39 is 0 Å². The van der Waals surface area contributed by atoms with Crippen LogP contribution in [0.3, 0.4) is 0 Å². The van der Waals surface area contributed by atoms with E-state index in [4.69, 9.17) is 0 Å². The molecule has 1 aromatic carbocycles. The maximum atomic E-state index is 12.5. The lowest BCUT2D eigenvalue weighted by Crippen LogP contribution is -2.44. The highest BCUT2D eigenvalue weighted by molar-refractivity contribution is 9.11. The lowest BCUT2D eigenvalue weighted by molar-refractivity contribution is -0.125. The van der Waals surface area contributed by atoms with Gasteiger partial charge in [-0.15, -0.1) is 0 Å². The molecule has 1 aromatic rings.